The third-order valence-corrected chi connectivity index (χ3v) is 14.8. The summed E-state index contributed by atoms with van der Waals surface area (Å²) in [6, 6.07) is 0. The maximum absolute atomic E-state index is 12.8. The Kier molecular flexibility index (Phi) is 57.8. The summed E-state index contributed by atoms with van der Waals surface area (Å²) in [7, 11) is 1.15. The first-order valence-corrected chi connectivity index (χ1v) is 34.1. The molecule has 0 aliphatic heterocycles. The molecule has 0 saturated carbocycles. The smallest absolute Gasteiger partial charge is 0.306 e. The molecule has 0 N–H and O–H groups in total. The van der Waals surface area contributed by atoms with Gasteiger partial charge >= 0.3 is 11.9 Å². The Morgan fingerprint density at radius 3 is 1.06 bits per heavy atom. The van der Waals surface area contributed by atoms with Crippen LogP contribution in [0, 0.1) is 0 Å². The maximum atomic E-state index is 12.8. The van der Waals surface area contributed by atoms with Gasteiger partial charge in [0.05, 0.1) is 27.7 Å². The number of phosphoric ester groups is 1. The number of carbonyl (C=O) groups excluding carboxylic acids is 2. The Hall–Kier alpha value is -3.33. The Balaban J connectivity index is 4.18. The number of quaternary nitrogens is 1. The van der Waals surface area contributed by atoms with Crippen LogP contribution in [0.25, 0.3) is 0 Å². The van der Waals surface area contributed by atoms with Gasteiger partial charge in [0.2, 0.25) is 0 Å². The number of phosphoric acid groups is 1. The van der Waals surface area contributed by atoms with Gasteiger partial charge in [-0.1, -0.05) is 284 Å². The van der Waals surface area contributed by atoms with E-state index >= 15 is 0 Å². The van der Waals surface area contributed by atoms with Crippen LogP contribution in [0.2, 0.25) is 0 Å². The molecule has 0 aliphatic rings. The number of unbranched alkanes of at least 4 members (excludes halogenated alkanes) is 27. The average molecular weight is 1140 g/mol. The summed E-state index contributed by atoms with van der Waals surface area (Å²) in [5.74, 6) is -0.852. The molecule has 0 rings (SSSR count). The molecule has 0 fully saturated rings. The van der Waals surface area contributed by atoms with Gasteiger partial charge in [-0.2, -0.15) is 0 Å². The third-order valence-electron chi connectivity index (χ3n) is 13.8. The van der Waals surface area contributed by atoms with E-state index in [1.54, 1.807) is 0 Å². The van der Waals surface area contributed by atoms with Gasteiger partial charge in [0.1, 0.15) is 19.8 Å². The van der Waals surface area contributed by atoms with Crippen LogP contribution in [0.5, 0.6) is 0 Å². The van der Waals surface area contributed by atoms with E-state index in [-0.39, 0.29) is 32.0 Å². The lowest BCUT2D eigenvalue weighted by Gasteiger charge is -2.28. The second-order valence-corrected chi connectivity index (χ2v) is 24.2. The Morgan fingerprint density at radius 2 is 0.713 bits per heavy atom. The highest BCUT2D eigenvalue weighted by atomic mass is 31.2. The van der Waals surface area contributed by atoms with Crippen molar-refractivity contribution in [2.45, 2.75) is 277 Å². The van der Waals surface area contributed by atoms with Gasteiger partial charge in [-0.05, 0) is 83.5 Å². The molecule has 0 aromatic heterocycles. The van der Waals surface area contributed by atoms with Crippen molar-refractivity contribution in [1.29, 1.82) is 0 Å². The summed E-state index contributed by atoms with van der Waals surface area (Å²) >= 11 is 0. The van der Waals surface area contributed by atoms with Gasteiger partial charge in [0, 0.05) is 12.8 Å². The molecular formula is C70H122NO8P. The van der Waals surface area contributed by atoms with Gasteiger partial charge in [-0.3, -0.25) is 14.2 Å². The lowest BCUT2D eigenvalue weighted by molar-refractivity contribution is -0.870. The minimum absolute atomic E-state index is 0.0390. The normalized spacial score (nSPS) is 13.9. The van der Waals surface area contributed by atoms with Crippen molar-refractivity contribution < 1.29 is 42.1 Å². The van der Waals surface area contributed by atoms with Gasteiger partial charge in [-0.15, -0.1) is 0 Å². The van der Waals surface area contributed by atoms with Crippen molar-refractivity contribution in [2.75, 3.05) is 47.5 Å². The average Bonchev–Trinajstić information content (AvgIpc) is 3.42. The van der Waals surface area contributed by atoms with Crippen LogP contribution >= 0.6 is 7.82 Å². The van der Waals surface area contributed by atoms with E-state index in [0.717, 1.165) is 109 Å². The molecule has 0 heterocycles. The van der Waals surface area contributed by atoms with Crippen LogP contribution in [0.3, 0.4) is 0 Å². The van der Waals surface area contributed by atoms with E-state index in [4.69, 9.17) is 18.5 Å². The largest absolute Gasteiger partial charge is 0.756 e. The van der Waals surface area contributed by atoms with Crippen molar-refractivity contribution in [2.24, 2.45) is 0 Å². The molecule has 460 valence electrons. The fourth-order valence-corrected chi connectivity index (χ4v) is 9.56. The van der Waals surface area contributed by atoms with Crippen LogP contribution in [-0.4, -0.2) is 70.0 Å². The third kappa shape index (κ3) is 63.8. The second-order valence-electron chi connectivity index (χ2n) is 22.8. The summed E-state index contributed by atoms with van der Waals surface area (Å²) in [5.41, 5.74) is 0. The number of hydrogen-bond acceptors (Lipinski definition) is 8. The van der Waals surface area contributed by atoms with Gasteiger partial charge < -0.3 is 27.9 Å². The summed E-state index contributed by atoms with van der Waals surface area (Å²) < 4.78 is 34.2. The van der Waals surface area contributed by atoms with E-state index < -0.39 is 26.5 Å². The van der Waals surface area contributed by atoms with Crippen LogP contribution in [0.4, 0.5) is 0 Å². The minimum Gasteiger partial charge on any atom is -0.756 e. The zero-order valence-corrected chi connectivity index (χ0v) is 53.1. The van der Waals surface area contributed by atoms with Gasteiger partial charge in [0.25, 0.3) is 7.82 Å². The number of likely N-dealkylation sites (N-methyl/N-ethyl adjacent to an activating group) is 1. The second kappa shape index (κ2) is 60.3. The molecule has 0 amide bonds. The lowest BCUT2D eigenvalue weighted by atomic mass is 10.0. The fraction of sp³-hybridized carbons (Fsp3) is 0.714. The van der Waals surface area contributed by atoms with Crippen LogP contribution in [-0.2, 0) is 32.7 Å². The zero-order valence-electron chi connectivity index (χ0n) is 52.2. The molecular weight excluding hydrogens is 1010 g/mol. The molecule has 0 aliphatic carbocycles. The molecule has 9 nitrogen and oxygen atoms in total. The number of hydrogen-bond donors (Lipinski definition) is 0. The number of ether oxygens (including phenoxy) is 2. The Labute approximate surface area is 493 Å². The molecule has 0 bridgehead atoms. The molecule has 80 heavy (non-hydrogen) atoms. The van der Waals surface area contributed by atoms with Crippen molar-refractivity contribution >= 4 is 19.8 Å². The quantitative estimate of drug-likeness (QED) is 0.0195. The van der Waals surface area contributed by atoms with Crippen molar-refractivity contribution in [3.63, 3.8) is 0 Å². The van der Waals surface area contributed by atoms with E-state index in [1.807, 2.05) is 21.1 Å². The van der Waals surface area contributed by atoms with Crippen molar-refractivity contribution in [3.05, 3.63) is 109 Å². The predicted octanol–water partition coefficient (Wildman–Crippen LogP) is 20.3. The van der Waals surface area contributed by atoms with E-state index in [2.05, 4.69) is 123 Å². The van der Waals surface area contributed by atoms with E-state index in [0.29, 0.717) is 17.4 Å². The first kappa shape index (κ1) is 76.7. The summed E-state index contributed by atoms with van der Waals surface area (Å²) in [6.45, 7) is 4.12. The number of esters is 2. The van der Waals surface area contributed by atoms with E-state index in [9.17, 15) is 19.0 Å². The van der Waals surface area contributed by atoms with Crippen molar-refractivity contribution in [1.82, 2.24) is 0 Å². The Morgan fingerprint density at radius 1 is 0.400 bits per heavy atom. The monoisotopic (exact) mass is 1140 g/mol. The minimum atomic E-state index is -4.65. The molecule has 2 atom stereocenters. The van der Waals surface area contributed by atoms with Crippen molar-refractivity contribution in [3.8, 4) is 0 Å². The number of allylic oxidation sites excluding steroid dienone is 18. The predicted molar refractivity (Wildman–Crippen MR) is 342 cm³/mol. The summed E-state index contributed by atoms with van der Waals surface area (Å²) in [4.78, 5) is 38.0. The molecule has 2 unspecified atom stereocenters. The SMILES string of the molecule is CC/C=C\C/C=C\C/C=C\C/C=C\C/C=C\C/C=C\C/C=C\C/C=C\C/C=C\CCCCCCCC(=O)OC(COC(=O)CCCCCCCCCCCCCCCCCCCCCCCCC)COP(=O)([O-])OCC[N+](C)(C)C. The molecule has 10 heteroatoms. The highest BCUT2D eigenvalue weighted by Gasteiger charge is 2.22. The standard InChI is InChI=1S/C70H122NO8P/c1-6-8-10-12-14-16-18-20-22-24-26-28-30-31-32-33-34-35-36-37-38-39-41-43-45-47-49-51-53-55-57-59-61-63-70(73)79-68(67-78-80(74,75)77-65-64-71(3,4)5)66-76-69(72)62-60-58-56-54-52-50-48-46-44-42-40-29-27-25-23-21-19-17-15-13-11-9-7-2/h8,10,14,16,20,22,26,28,31-32,34-35,37-38,41,43,47,49,68H,6-7,9,11-13,15,17-19,21,23-25,27,29-30,33,36,39-40,42,44-46,48,50-67H2,1-5H3/b10-8-,16-14-,22-20-,28-26-,32-31-,35-34-,38-37-,43-41-,49-47-. The zero-order chi connectivity index (χ0) is 58.4. The first-order chi connectivity index (χ1) is 39.0. The topological polar surface area (TPSA) is 111 Å². The fourth-order valence-electron chi connectivity index (χ4n) is 8.83. The molecule has 0 saturated heterocycles. The number of nitrogens with zero attached hydrogens (tertiary/aromatic N) is 1. The highest BCUT2D eigenvalue weighted by Crippen LogP contribution is 2.38. The van der Waals surface area contributed by atoms with E-state index in [1.165, 1.54) is 128 Å². The Bertz CT molecular complexity index is 1720. The molecule has 0 spiro atoms. The number of carbonyl (C=O) groups is 2. The summed E-state index contributed by atoms with van der Waals surface area (Å²) in [5, 5.41) is 0. The first-order valence-electron chi connectivity index (χ1n) is 32.6. The lowest BCUT2D eigenvalue weighted by Crippen LogP contribution is -2.37. The molecule has 0 radical (unpaired) electrons. The highest BCUT2D eigenvalue weighted by molar-refractivity contribution is 7.45. The van der Waals surface area contributed by atoms with Gasteiger partial charge in [-0.25, -0.2) is 0 Å². The number of rotatable bonds is 59. The summed E-state index contributed by atoms with van der Waals surface area (Å²) in [6.07, 6.45) is 84.3. The maximum Gasteiger partial charge on any atom is 0.306 e. The van der Waals surface area contributed by atoms with Crippen LogP contribution in [0.1, 0.15) is 271 Å². The van der Waals surface area contributed by atoms with Crippen LogP contribution in [0.15, 0.2) is 109 Å². The molecule has 0 aromatic rings. The van der Waals surface area contributed by atoms with Gasteiger partial charge in [0.15, 0.2) is 6.10 Å². The van der Waals surface area contributed by atoms with Crippen LogP contribution < -0.4 is 4.89 Å². The molecule has 0 aromatic carbocycles.